The molecule has 0 radical (unpaired) electrons. The van der Waals surface area contributed by atoms with E-state index in [0.29, 0.717) is 0 Å². The number of nitrogens with zero attached hydrogens (tertiary/aromatic N) is 1. The molecule has 0 saturated carbocycles. The van der Waals surface area contributed by atoms with Crippen LogP contribution in [-0.4, -0.2) is 12.8 Å². The van der Waals surface area contributed by atoms with Crippen molar-refractivity contribution in [3.8, 4) is 0 Å². The molecule has 1 nitrogen and oxygen atoms in total. The Bertz CT molecular complexity index is 62.2. The van der Waals surface area contributed by atoms with E-state index in [0.717, 1.165) is 6.54 Å². The third-order valence-electron chi connectivity index (χ3n) is 0.629. The van der Waals surface area contributed by atoms with Gasteiger partial charge in [-0.1, -0.05) is 12.2 Å². The van der Waals surface area contributed by atoms with Gasteiger partial charge in [-0.05, 0) is 20.1 Å². The minimum absolute atomic E-state index is 0.826. The van der Waals surface area contributed by atoms with E-state index in [1.807, 2.05) is 26.0 Å². The molecule has 0 aromatic carbocycles. The van der Waals surface area contributed by atoms with Crippen LogP contribution in [-0.2, 0) is 0 Å². The number of rotatable bonds is 2. The van der Waals surface area contributed by atoms with E-state index in [1.165, 1.54) is 0 Å². The SMILES string of the molecule is CC=NC/C=C/C. The molecule has 7 heavy (non-hydrogen) atoms. The van der Waals surface area contributed by atoms with E-state index in [-0.39, 0.29) is 0 Å². The molecule has 0 rings (SSSR count). The van der Waals surface area contributed by atoms with Gasteiger partial charge in [0.15, 0.2) is 0 Å². The smallest absolute Gasteiger partial charge is 0.0566 e. The van der Waals surface area contributed by atoms with Crippen LogP contribution in [0, 0.1) is 0 Å². The number of hydrogen-bond acceptors (Lipinski definition) is 1. The van der Waals surface area contributed by atoms with Crippen LogP contribution in [0.1, 0.15) is 13.8 Å². The van der Waals surface area contributed by atoms with Crippen LogP contribution >= 0.6 is 0 Å². The maximum atomic E-state index is 3.95. The Hall–Kier alpha value is -0.590. The average molecular weight is 97.2 g/mol. The van der Waals surface area contributed by atoms with E-state index < -0.39 is 0 Å². The second-order valence-electron chi connectivity index (χ2n) is 1.19. The molecular weight excluding hydrogens is 86.1 g/mol. The highest BCUT2D eigenvalue weighted by Crippen LogP contribution is 1.70. The van der Waals surface area contributed by atoms with Crippen molar-refractivity contribution in [2.75, 3.05) is 6.54 Å². The average Bonchev–Trinajstić information content (AvgIpc) is 1.69. The minimum atomic E-state index is 0.826. The van der Waals surface area contributed by atoms with Gasteiger partial charge < -0.3 is 0 Å². The maximum Gasteiger partial charge on any atom is 0.0566 e. The van der Waals surface area contributed by atoms with Gasteiger partial charge in [-0.25, -0.2) is 0 Å². The summed E-state index contributed by atoms with van der Waals surface area (Å²) in [4.78, 5) is 3.95. The van der Waals surface area contributed by atoms with Crippen molar-refractivity contribution in [3.05, 3.63) is 12.2 Å². The lowest BCUT2D eigenvalue weighted by molar-refractivity contribution is 1.25. The normalized spacial score (nSPS) is 11.7. The van der Waals surface area contributed by atoms with Crippen LogP contribution in [0.15, 0.2) is 17.1 Å². The standard InChI is InChI=1S/C6H11N/c1-3-5-6-7-4-2/h3-5H,6H2,1-2H3/b5-3+,7-4?. The molecule has 0 fully saturated rings. The van der Waals surface area contributed by atoms with E-state index in [9.17, 15) is 0 Å². The summed E-state index contributed by atoms with van der Waals surface area (Å²) in [7, 11) is 0. The van der Waals surface area contributed by atoms with Crippen LogP contribution in [0.5, 0.6) is 0 Å². The highest BCUT2D eigenvalue weighted by molar-refractivity contribution is 5.53. The molecule has 0 unspecified atom stereocenters. The fourth-order valence-corrected chi connectivity index (χ4v) is 0.272. The molecule has 0 bridgehead atoms. The summed E-state index contributed by atoms with van der Waals surface area (Å²) in [5, 5.41) is 0. The maximum absolute atomic E-state index is 3.95. The van der Waals surface area contributed by atoms with Crippen molar-refractivity contribution in [2.24, 2.45) is 4.99 Å². The first kappa shape index (κ1) is 6.41. The molecule has 0 amide bonds. The molecule has 0 aliphatic heterocycles. The molecule has 40 valence electrons. The Morgan fingerprint density at radius 2 is 2.14 bits per heavy atom. The van der Waals surface area contributed by atoms with Crippen LogP contribution in [0.4, 0.5) is 0 Å². The van der Waals surface area contributed by atoms with Gasteiger partial charge in [-0.2, -0.15) is 0 Å². The Balaban J connectivity index is 2.98. The minimum Gasteiger partial charge on any atom is -0.294 e. The lowest BCUT2D eigenvalue weighted by Crippen LogP contribution is -1.68. The molecular formula is C6H11N. The lowest BCUT2D eigenvalue weighted by atomic mass is 10.5. The van der Waals surface area contributed by atoms with E-state index in [4.69, 9.17) is 0 Å². The van der Waals surface area contributed by atoms with Crippen LogP contribution < -0.4 is 0 Å². The predicted molar refractivity (Wildman–Crippen MR) is 33.8 cm³/mol. The highest BCUT2D eigenvalue weighted by Gasteiger charge is 1.61. The molecule has 0 aromatic rings. The van der Waals surface area contributed by atoms with Crippen LogP contribution in [0.25, 0.3) is 0 Å². The summed E-state index contributed by atoms with van der Waals surface area (Å²) in [5.41, 5.74) is 0. The van der Waals surface area contributed by atoms with Gasteiger partial charge in [0, 0.05) is 0 Å². The first-order chi connectivity index (χ1) is 3.41. The summed E-state index contributed by atoms with van der Waals surface area (Å²) in [5.74, 6) is 0. The molecule has 0 aromatic heterocycles. The van der Waals surface area contributed by atoms with Gasteiger partial charge >= 0.3 is 0 Å². The van der Waals surface area contributed by atoms with Crippen molar-refractivity contribution >= 4 is 6.21 Å². The number of aliphatic imine (C=N–C) groups is 1. The first-order valence-corrected chi connectivity index (χ1v) is 2.47. The van der Waals surface area contributed by atoms with Crippen LogP contribution in [0.3, 0.4) is 0 Å². The van der Waals surface area contributed by atoms with Crippen molar-refractivity contribution in [1.82, 2.24) is 0 Å². The van der Waals surface area contributed by atoms with Crippen molar-refractivity contribution < 1.29 is 0 Å². The summed E-state index contributed by atoms with van der Waals surface area (Å²) in [6, 6.07) is 0. The third kappa shape index (κ3) is 5.41. The molecule has 0 atom stereocenters. The second-order valence-corrected chi connectivity index (χ2v) is 1.19. The zero-order chi connectivity index (χ0) is 5.54. The van der Waals surface area contributed by atoms with E-state index in [1.54, 1.807) is 6.21 Å². The van der Waals surface area contributed by atoms with Gasteiger partial charge in [0.2, 0.25) is 0 Å². The zero-order valence-electron chi connectivity index (χ0n) is 4.89. The summed E-state index contributed by atoms with van der Waals surface area (Å²) >= 11 is 0. The predicted octanol–water partition coefficient (Wildman–Crippen LogP) is 1.65. The fraction of sp³-hybridized carbons (Fsp3) is 0.500. The van der Waals surface area contributed by atoms with Gasteiger partial charge in [0.1, 0.15) is 0 Å². The molecule has 0 saturated heterocycles. The van der Waals surface area contributed by atoms with E-state index >= 15 is 0 Å². The lowest BCUT2D eigenvalue weighted by Gasteiger charge is -1.75. The molecule has 0 N–H and O–H groups in total. The molecule has 1 heteroatoms. The van der Waals surface area contributed by atoms with Crippen molar-refractivity contribution in [3.63, 3.8) is 0 Å². The Labute approximate surface area is 44.8 Å². The molecule has 0 aliphatic rings. The summed E-state index contributed by atoms with van der Waals surface area (Å²) < 4.78 is 0. The summed E-state index contributed by atoms with van der Waals surface area (Å²) in [6.07, 6.45) is 5.81. The van der Waals surface area contributed by atoms with Gasteiger partial charge in [-0.3, -0.25) is 4.99 Å². The number of allylic oxidation sites excluding steroid dienone is 1. The largest absolute Gasteiger partial charge is 0.294 e. The summed E-state index contributed by atoms with van der Waals surface area (Å²) in [6.45, 7) is 4.74. The molecule has 0 heterocycles. The second kappa shape index (κ2) is 5.41. The van der Waals surface area contributed by atoms with Gasteiger partial charge in [-0.15, -0.1) is 0 Å². The van der Waals surface area contributed by atoms with Crippen molar-refractivity contribution in [2.45, 2.75) is 13.8 Å². The molecule has 0 aliphatic carbocycles. The van der Waals surface area contributed by atoms with Gasteiger partial charge in [0.25, 0.3) is 0 Å². The Morgan fingerprint density at radius 3 is 2.57 bits per heavy atom. The Kier molecular flexibility index (Phi) is 4.95. The van der Waals surface area contributed by atoms with Gasteiger partial charge in [0.05, 0.1) is 6.54 Å². The monoisotopic (exact) mass is 97.1 g/mol. The van der Waals surface area contributed by atoms with Crippen molar-refractivity contribution in [1.29, 1.82) is 0 Å². The molecule has 0 spiro atoms. The Morgan fingerprint density at radius 1 is 1.43 bits per heavy atom. The fourth-order valence-electron chi connectivity index (χ4n) is 0.272. The zero-order valence-corrected chi connectivity index (χ0v) is 4.89. The first-order valence-electron chi connectivity index (χ1n) is 2.47. The highest BCUT2D eigenvalue weighted by atomic mass is 14.7. The van der Waals surface area contributed by atoms with Crippen LogP contribution in [0.2, 0.25) is 0 Å². The van der Waals surface area contributed by atoms with E-state index in [2.05, 4.69) is 4.99 Å². The quantitative estimate of drug-likeness (QED) is 0.367. The third-order valence-corrected chi connectivity index (χ3v) is 0.629. The number of hydrogen-bond donors (Lipinski definition) is 0. The topological polar surface area (TPSA) is 12.4 Å².